The van der Waals surface area contributed by atoms with Gasteiger partial charge in [0, 0.05) is 5.56 Å². The second-order valence-electron chi connectivity index (χ2n) is 3.67. The van der Waals surface area contributed by atoms with Crippen LogP contribution in [-0.4, -0.2) is 11.1 Å². The molecular weight excluding hydrogens is 268 g/mol. The van der Waals surface area contributed by atoms with Crippen molar-refractivity contribution in [2.75, 3.05) is 0 Å². The molecule has 3 nitrogen and oxygen atoms in total. The largest absolute Gasteiger partial charge is 0.478 e. The highest BCUT2D eigenvalue weighted by Crippen LogP contribution is 2.38. The third-order valence-electron chi connectivity index (χ3n) is 2.40. The first kappa shape index (κ1) is 13.1. The van der Waals surface area contributed by atoms with Crippen molar-refractivity contribution in [1.29, 1.82) is 0 Å². The minimum absolute atomic E-state index is 0.00310. The summed E-state index contributed by atoms with van der Waals surface area (Å²) in [6.07, 6.45) is -4.28. The van der Waals surface area contributed by atoms with E-state index < -0.39 is 29.3 Å². The molecular formula is C12H6F4O3. The minimum atomic E-state index is -4.93. The number of carbonyl (C=O) groups is 1. The fraction of sp³-hybridized carbons (Fsp3) is 0.0833. The van der Waals surface area contributed by atoms with Gasteiger partial charge in [-0.3, -0.25) is 0 Å². The third-order valence-corrected chi connectivity index (χ3v) is 2.40. The maximum absolute atomic E-state index is 13.0. The van der Waals surface area contributed by atoms with Crippen molar-refractivity contribution in [2.45, 2.75) is 6.18 Å². The Morgan fingerprint density at radius 2 is 1.95 bits per heavy atom. The summed E-state index contributed by atoms with van der Waals surface area (Å²) in [4.78, 5) is 11.0. The van der Waals surface area contributed by atoms with Crippen LogP contribution < -0.4 is 0 Å². The van der Waals surface area contributed by atoms with Crippen molar-refractivity contribution < 1.29 is 31.9 Å². The zero-order valence-electron chi connectivity index (χ0n) is 9.16. The molecule has 0 aliphatic rings. The van der Waals surface area contributed by atoms with Gasteiger partial charge in [-0.25, -0.2) is 9.18 Å². The monoisotopic (exact) mass is 274 g/mol. The van der Waals surface area contributed by atoms with Gasteiger partial charge in [-0.2, -0.15) is 13.2 Å². The molecule has 1 aromatic heterocycles. The van der Waals surface area contributed by atoms with E-state index in [0.29, 0.717) is 6.26 Å². The van der Waals surface area contributed by atoms with Crippen LogP contribution in [0.15, 0.2) is 34.9 Å². The van der Waals surface area contributed by atoms with Gasteiger partial charge >= 0.3 is 12.1 Å². The molecule has 0 atom stereocenters. The minimum Gasteiger partial charge on any atom is -0.478 e. The molecule has 1 aromatic carbocycles. The van der Waals surface area contributed by atoms with E-state index in [1.807, 2.05) is 0 Å². The van der Waals surface area contributed by atoms with Gasteiger partial charge in [-0.1, -0.05) is 12.1 Å². The average Bonchev–Trinajstić information content (AvgIpc) is 2.72. The Kier molecular flexibility index (Phi) is 3.05. The molecule has 2 aromatic rings. The number of aromatic carboxylic acids is 1. The number of benzene rings is 1. The molecule has 100 valence electrons. The predicted molar refractivity (Wildman–Crippen MR) is 56.1 cm³/mol. The van der Waals surface area contributed by atoms with E-state index in [1.165, 1.54) is 12.1 Å². The Bertz CT molecular complexity index is 628. The Morgan fingerprint density at radius 1 is 1.26 bits per heavy atom. The number of alkyl halides is 3. The van der Waals surface area contributed by atoms with Gasteiger partial charge in [0.25, 0.3) is 0 Å². The number of hydrogen-bond acceptors (Lipinski definition) is 2. The van der Waals surface area contributed by atoms with Crippen molar-refractivity contribution in [3.8, 4) is 11.1 Å². The second kappa shape index (κ2) is 4.42. The van der Waals surface area contributed by atoms with Gasteiger partial charge in [0.1, 0.15) is 11.4 Å². The van der Waals surface area contributed by atoms with Crippen LogP contribution in [0.25, 0.3) is 11.1 Å². The molecule has 0 unspecified atom stereocenters. The highest BCUT2D eigenvalue weighted by atomic mass is 19.4. The van der Waals surface area contributed by atoms with Gasteiger partial charge in [0.15, 0.2) is 0 Å². The zero-order valence-corrected chi connectivity index (χ0v) is 9.16. The first-order chi connectivity index (χ1) is 8.80. The molecule has 19 heavy (non-hydrogen) atoms. The number of halogens is 4. The topological polar surface area (TPSA) is 50.4 Å². The van der Waals surface area contributed by atoms with E-state index in [1.54, 1.807) is 0 Å². The molecule has 7 heteroatoms. The van der Waals surface area contributed by atoms with E-state index in [4.69, 9.17) is 5.11 Å². The number of carboxylic acid groups (broad SMARTS) is 1. The van der Waals surface area contributed by atoms with Gasteiger partial charge in [-0.05, 0) is 17.7 Å². The van der Waals surface area contributed by atoms with Gasteiger partial charge in [0.05, 0.1) is 6.26 Å². The van der Waals surface area contributed by atoms with Gasteiger partial charge in [-0.15, -0.1) is 0 Å². The van der Waals surface area contributed by atoms with Crippen molar-refractivity contribution in [2.24, 2.45) is 0 Å². The summed E-state index contributed by atoms with van der Waals surface area (Å²) in [5, 5.41) is 8.88. The van der Waals surface area contributed by atoms with Crippen LogP contribution >= 0.6 is 0 Å². The Hall–Kier alpha value is -2.31. The van der Waals surface area contributed by atoms with E-state index in [0.717, 1.165) is 12.1 Å². The Balaban J connectivity index is 2.66. The smallest absolute Gasteiger partial charge is 0.450 e. The molecule has 0 aliphatic carbocycles. The van der Waals surface area contributed by atoms with Crippen molar-refractivity contribution in [1.82, 2.24) is 0 Å². The molecule has 0 spiro atoms. The number of carboxylic acids is 1. The Labute approximate surface area is 104 Å². The van der Waals surface area contributed by atoms with E-state index >= 15 is 0 Å². The number of hydrogen-bond donors (Lipinski definition) is 1. The summed E-state index contributed by atoms with van der Waals surface area (Å²) >= 11 is 0. The molecule has 0 fully saturated rings. The Morgan fingerprint density at radius 3 is 2.47 bits per heavy atom. The summed E-state index contributed by atoms with van der Waals surface area (Å²) < 4.78 is 55.1. The fourth-order valence-corrected chi connectivity index (χ4v) is 1.65. The van der Waals surface area contributed by atoms with Crippen LogP contribution in [0.2, 0.25) is 0 Å². The van der Waals surface area contributed by atoms with Crippen molar-refractivity contribution >= 4 is 5.97 Å². The van der Waals surface area contributed by atoms with Crippen LogP contribution in [0.5, 0.6) is 0 Å². The number of furan rings is 1. The second-order valence-corrected chi connectivity index (χ2v) is 3.67. The van der Waals surface area contributed by atoms with Gasteiger partial charge < -0.3 is 9.52 Å². The lowest BCUT2D eigenvalue weighted by Crippen LogP contribution is -2.10. The van der Waals surface area contributed by atoms with Crippen LogP contribution in [0.4, 0.5) is 17.6 Å². The van der Waals surface area contributed by atoms with Crippen LogP contribution in [0, 0.1) is 5.82 Å². The molecule has 0 saturated carbocycles. The predicted octanol–water partition coefficient (Wildman–Crippen LogP) is 3.80. The lowest BCUT2D eigenvalue weighted by molar-refractivity contribution is -0.153. The molecule has 2 rings (SSSR count). The molecule has 0 aliphatic heterocycles. The summed E-state index contributed by atoms with van der Waals surface area (Å²) in [6.45, 7) is 0. The molecule has 1 heterocycles. The zero-order chi connectivity index (χ0) is 14.2. The summed E-state index contributed by atoms with van der Waals surface area (Å²) in [7, 11) is 0. The summed E-state index contributed by atoms with van der Waals surface area (Å²) in [6, 6.07) is 4.57. The highest BCUT2D eigenvalue weighted by Gasteiger charge is 2.41. The summed E-state index contributed by atoms with van der Waals surface area (Å²) in [5.41, 5.74) is -1.35. The number of rotatable bonds is 2. The molecule has 0 bridgehead atoms. The molecule has 0 saturated heterocycles. The van der Waals surface area contributed by atoms with Gasteiger partial charge in [0.2, 0.25) is 5.76 Å². The SMILES string of the molecule is O=C(O)c1c(-c2cccc(F)c2)coc1C(F)(F)F. The first-order valence-electron chi connectivity index (χ1n) is 4.98. The standard InChI is InChI=1S/C12H6F4O3/c13-7-3-1-2-6(4-7)8-5-19-10(12(14,15)16)9(8)11(17)18/h1-5H,(H,17,18). The van der Waals surface area contributed by atoms with Crippen molar-refractivity contribution in [3.63, 3.8) is 0 Å². The average molecular weight is 274 g/mol. The molecule has 0 radical (unpaired) electrons. The van der Waals surface area contributed by atoms with Crippen LogP contribution in [-0.2, 0) is 6.18 Å². The highest BCUT2D eigenvalue weighted by molar-refractivity contribution is 5.97. The molecule has 0 amide bonds. The first-order valence-corrected chi connectivity index (χ1v) is 4.98. The normalized spacial score (nSPS) is 11.6. The van der Waals surface area contributed by atoms with E-state index in [-0.39, 0.29) is 11.1 Å². The van der Waals surface area contributed by atoms with E-state index in [9.17, 15) is 22.4 Å². The van der Waals surface area contributed by atoms with Crippen LogP contribution in [0.1, 0.15) is 16.1 Å². The van der Waals surface area contributed by atoms with Crippen LogP contribution in [0.3, 0.4) is 0 Å². The third kappa shape index (κ3) is 2.44. The maximum atomic E-state index is 13.0. The lowest BCUT2D eigenvalue weighted by Gasteiger charge is -2.04. The fourth-order valence-electron chi connectivity index (χ4n) is 1.65. The summed E-state index contributed by atoms with van der Waals surface area (Å²) in [5.74, 6) is -4.09. The maximum Gasteiger partial charge on any atom is 0.450 e. The lowest BCUT2D eigenvalue weighted by atomic mass is 10.0. The molecule has 1 N–H and O–H groups in total. The quantitative estimate of drug-likeness (QED) is 0.847. The van der Waals surface area contributed by atoms with Crippen molar-refractivity contribution in [3.05, 3.63) is 47.7 Å². The van der Waals surface area contributed by atoms with E-state index in [2.05, 4.69) is 4.42 Å².